The first-order valence-electron chi connectivity index (χ1n) is 6.09. The molecule has 2 aromatic rings. The van der Waals surface area contributed by atoms with Gasteiger partial charge in [0.25, 0.3) is 10.0 Å². The number of carboxylic acids is 1. The average molecular weight is 314 g/mol. The molecular weight excluding hydrogens is 300 g/mol. The summed E-state index contributed by atoms with van der Waals surface area (Å²) in [5.74, 6) is -0.607. The van der Waals surface area contributed by atoms with Crippen molar-refractivity contribution in [1.82, 2.24) is 29.7 Å². The number of hydrogen-bond donors (Lipinski definition) is 3. The maximum absolute atomic E-state index is 11.9. The number of aromatic amines is 1. The first-order chi connectivity index (χ1) is 9.92. The Morgan fingerprint density at radius 3 is 2.86 bits per heavy atom. The van der Waals surface area contributed by atoms with E-state index < -0.39 is 16.0 Å². The molecule has 0 amide bonds. The SMILES string of the molecule is CCc1ncc(S(=O)(=O)NCCn2cc(C(=O)O)nn2)[nH]1. The van der Waals surface area contributed by atoms with Crippen LogP contribution in [-0.4, -0.2) is 51.0 Å². The number of aromatic nitrogens is 5. The first kappa shape index (κ1) is 15.1. The number of aryl methyl sites for hydroxylation is 1. The Hall–Kier alpha value is -2.27. The van der Waals surface area contributed by atoms with E-state index in [1.165, 1.54) is 17.1 Å². The van der Waals surface area contributed by atoms with Crippen LogP contribution in [0, 0.1) is 0 Å². The lowest BCUT2D eigenvalue weighted by molar-refractivity contribution is 0.0690. The minimum Gasteiger partial charge on any atom is -0.476 e. The lowest BCUT2D eigenvalue weighted by Gasteiger charge is -2.04. The molecule has 0 aromatic carbocycles. The quantitative estimate of drug-likeness (QED) is 0.609. The maximum Gasteiger partial charge on any atom is 0.358 e. The van der Waals surface area contributed by atoms with E-state index in [0.29, 0.717) is 12.2 Å². The molecule has 0 spiro atoms. The molecule has 2 heterocycles. The molecule has 0 fully saturated rings. The van der Waals surface area contributed by atoms with Crippen molar-refractivity contribution < 1.29 is 18.3 Å². The summed E-state index contributed by atoms with van der Waals surface area (Å²) in [5, 5.41) is 15.7. The Kier molecular flexibility index (Phi) is 4.33. The van der Waals surface area contributed by atoms with Crippen LogP contribution in [0.2, 0.25) is 0 Å². The van der Waals surface area contributed by atoms with Gasteiger partial charge in [0.2, 0.25) is 0 Å². The first-order valence-corrected chi connectivity index (χ1v) is 7.57. The number of rotatable bonds is 7. The van der Waals surface area contributed by atoms with Crippen molar-refractivity contribution in [2.75, 3.05) is 6.54 Å². The molecule has 0 aliphatic rings. The molecule has 114 valence electrons. The molecule has 10 nitrogen and oxygen atoms in total. The van der Waals surface area contributed by atoms with Gasteiger partial charge in [-0.15, -0.1) is 5.10 Å². The van der Waals surface area contributed by atoms with Crippen molar-refractivity contribution in [1.29, 1.82) is 0 Å². The number of carbonyl (C=O) groups is 1. The molecule has 0 unspecified atom stereocenters. The van der Waals surface area contributed by atoms with Crippen LogP contribution in [0.4, 0.5) is 0 Å². The van der Waals surface area contributed by atoms with Crippen molar-refractivity contribution in [3.63, 3.8) is 0 Å². The van der Waals surface area contributed by atoms with E-state index in [4.69, 9.17) is 5.11 Å². The standard InChI is InChI=1S/C10H14N6O4S/c1-2-8-11-5-9(13-8)21(19,20)12-3-4-16-6-7(10(17)18)14-15-16/h5-6,12H,2-4H2,1H3,(H,11,13)(H,17,18). The van der Waals surface area contributed by atoms with Gasteiger partial charge in [0.15, 0.2) is 10.7 Å². The zero-order chi connectivity index (χ0) is 15.5. The van der Waals surface area contributed by atoms with Crippen LogP contribution < -0.4 is 4.72 Å². The predicted molar refractivity (Wildman–Crippen MR) is 70.1 cm³/mol. The molecular formula is C10H14N6O4S. The van der Waals surface area contributed by atoms with Gasteiger partial charge in [-0.1, -0.05) is 12.1 Å². The molecule has 0 saturated heterocycles. The zero-order valence-corrected chi connectivity index (χ0v) is 12.0. The van der Waals surface area contributed by atoms with Gasteiger partial charge >= 0.3 is 5.97 Å². The van der Waals surface area contributed by atoms with Crippen molar-refractivity contribution in [2.45, 2.75) is 24.9 Å². The molecule has 0 aliphatic heterocycles. The van der Waals surface area contributed by atoms with Gasteiger partial charge in [-0.05, 0) is 0 Å². The Bertz CT molecular complexity index is 734. The summed E-state index contributed by atoms with van der Waals surface area (Å²) in [6.07, 6.45) is 3.08. The summed E-state index contributed by atoms with van der Waals surface area (Å²) in [5.41, 5.74) is -0.195. The van der Waals surface area contributed by atoms with Gasteiger partial charge in [0.1, 0.15) is 5.82 Å². The van der Waals surface area contributed by atoms with Crippen molar-refractivity contribution in [2.24, 2.45) is 0 Å². The third-order valence-corrected chi connectivity index (χ3v) is 3.99. The second kappa shape index (κ2) is 6.01. The Morgan fingerprint density at radius 1 is 1.52 bits per heavy atom. The second-order valence-electron chi connectivity index (χ2n) is 4.12. The van der Waals surface area contributed by atoms with Crippen molar-refractivity contribution >= 4 is 16.0 Å². The van der Waals surface area contributed by atoms with E-state index >= 15 is 0 Å². The molecule has 0 bridgehead atoms. The zero-order valence-electron chi connectivity index (χ0n) is 11.1. The summed E-state index contributed by atoms with van der Waals surface area (Å²) in [6, 6.07) is 0. The lowest BCUT2D eigenvalue weighted by atomic mass is 10.5. The van der Waals surface area contributed by atoms with Crippen LogP contribution in [0.25, 0.3) is 0 Å². The van der Waals surface area contributed by atoms with Gasteiger partial charge in [0, 0.05) is 13.0 Å². The number of nitrogens with one attached hydrogen (secondary N) is 2. The van der Waals surface area contributed by atoms with E-state index in [1.54, 1.807) is 0 Å². The van der Waals surface area contributed by atoms with E-state index in [0.717, 1.165) is 0 Å². The molecule has 2 rings (SSSR count). The fraction of sp³-hybridized carbons (Fsp3) is 0.400. The van der Waals surface area contributed by atoms with Crippen molar-refractivity contribution in [3.05, 3.63) is 23.9 Å². The molecule has 0 atom stereocenters. The van der Waals surface area contributed by atoms with Crippen LogP contribution in [0.1, 0.15) is 23.2 Å². The summed E-state index contributed by atoms with van der Waals surface area (Å²) in [6.45, 7) is 2.06. The Labute approximate surface area is 120 Å². The predicted octanol–water partition coefficient (Wildman–Crippen LogP) is -0.760. The smallest absolute Gasteiger partial charge is 0.358 e. The molecule has 0 saturated carbocycles. The number of hydrogen-bond acceptors (Lipinski definition) is 6. The van der Waals surface area contributed by atoms with Gasteiger partial charge < -0.3 is 10.1 Å². The number of H-pyrrole nitrogens is 1. The monoisotopic (exact) mass is 314 g/mol. The number of nitrogens with zero attached hydrogens (tertiary/aromatic N) is 4. The fourth-order valence-electron chi connectivity index (χ4n) is 1.54. The van der Waals surface area contributed by atoms with Crippen LogP contribution in [-0.2, 0) is 23.0 Å². The average Bonchev–Trinajstić information content (AvgIpc) is 3.07. The topological polar surface area (TPSA) is 143 Å². The minimum absolute atomic E-state index is 0.0100. The number of imidazole rings is 1. The molecule has 2 aromatic heterocycles. The molecule has 11 heteroatoms. The highest BCUT2D eigenvalue weighted by atomic mass is 32.2. The number of sulfonamides is 1. The normalized spacial score (nSPS) is 11.7. The summed E-state index contributed by atoms with van der Waals surface area (Å²) in [7, 11) is -3.68. The fourth-order valence-corrected chi connectivity index (χ4v) is 2.50. The molecule has 0 radical (unpaired) electrons. The van der Waals surface area contributed by atoms with Gasteiger partial charge in [0.05, 0.1) is 18.9 Å². The minimum atomic E-state index is -3.68. The Balaban J connectivity index is 1.93. The summed E-state index contributed by atoms with van der Waals surface area (Å²) < 4.78 is 27.5. The highest BCUT2D eigenvalue weighted by Gasteiger charge is 2.16. The third kappa shape index (κ3) is 3.64. The van der Waals surface area contributed by atoms with Crippen LogP contribution >= 0.6 is 0 Å². The summed E-state index contributed by atoms with van der Waals surface area (Å²) >= 11 is 0. The largest absolute Gasteiger partial charge is 0.476 e. The lowest BCUT2D eigenvalue weighted by Crippen LogP contribution is -2.28. The van der Waals surface area contributed by atoms with Crippen LogP contribution in [0.3, 0.4) is 0 Å². The van der Waals surface area contributed by atoms with E-state index in [2.05, 4.69) is 25.0 Å². The summed E-state index contributed by atoms with van der Waals surface area (Å²) in [4.78, 5) is 17.2. The van der Waals surface area contributed by atoms with Gasteiger partial charge in [-0.3, -0.25) is 4.68 Å². The Morgan fingerprint density at radius 2 is 2.29 bits per heavy atom. The van der Waals surface area contributed by atoms with E-state index in [-0.39, 0.29) is 23.8 Å². The highest BCUT2D eigenvalue weighted by molar-refractivity contribution is 7.89. The second-order valence-corrected chi connectivity index (χ2v) is 5.85. The van der Waals surface area contributed by atoms with Crippen LogP contribution in [0.5, 0.6) is 0 Å². The maximum atomic E-state index is 11.9. The van der Waals surface area contributed by atoms with E-state index in [1.807, 2.05) is 6.92 Å². The molecule has 21 heavy (non-hydrogen) atoms. The number of carboxylic acid groups (broad SMARTS) is 1. The third-order valence-electron chi connectivity index (χ3n) is 2.62. The van der Waals surface area contributed by atoms with Gasteiger partial charge in [-0.2, -0.15) is 0 Å². The van der Waals surface area contributed by atoms with E-state index in [9.17, 15) is 13.2 Å². The van der Waals surface area contributed by atoms with Crippen molar-refractivity contribution in [3.8, 4) is 0 Å². The van der Waals surface area contributed by atoms with Gasteiger partial charge in [-0.25, -0.2) is 22.9 Å². The molecule has 3 N–H and O–H groups in total. The highest BCUT2D eigenvalue weighted by Crippen LogP contribution is 2.05. The number of aromatic carboxylic acids is 1. The van der Waals surface area contributed by atoms with Crippen LogP contribution in [0.15, 0.2) is 17.4 Å². The molecule has 0 aliphatic carbocycles.